The molecule has 2 aromatic carbocycles. The van der Waals surface area contributed by atoms with Crippen molar-refractivity contribution in [3.05, 3.63) is 83.5 Å². The summed E-state index contributed by atoms with van der Waals surface area (Å²) in [6.07, 6.45) is 0.928. The second-order valence-electron chi connectivity index (χ2n) is 7.23. The lowest BCUT2D eigenvalue weighted by Gasteiger charge is -2.12. The van der Waals surface area contributed by atoms with Crippen molar-refractivity contribution in [1.29, 1.82) is 0 Å². The highest BCUT2D eigenvalue weighted by atomic mass is 79.9. The molecule has 2 amide bonds. The third-order valence-electron chi connectivity index (χ3n) is 4.85. The van der Waals surface area contributed by atoms with E-state index >= 15 is 0 Å². The number of carbonyl (C=O) groups excluding carboxylic acids is 1. The number of nitrogens with one attached hydrogen (secondary N) is 2. The van der Waals surface area contributed by atoms with Crippen LogP contribution in [0.15, 0.2) is 49.4 Å². The summed E-state index contributed by atoms with van der Waals surface area (Å²) in [5, 5.41) is 13.2. The van der Waals surface area contributed by atoms with Crippen LogP contribution in [0.3, 0.4) is 0 Å². The number of benzene rings is 2. The van der Waals surface area contributed by atoms with Gasteiger partial charge in [-0.3, -0.25) is 9.78 Å². The number of halogens is 1. The van der Waals surface area contributed by atoms with Crippen molar-refractivity contribution in [2.75, 3.05) is 5.32 Å². The van der Waals surface area contributed by atoms with Crippen LogP contribution in [0, 0.1) is 27.7 Å². The second kappa shape index (κ2) is 8.73. The second-order valence-corrected chi connectivity index (χ2v) is 8.08. The fourth-order valence-corrected chi connectivity index (χ4v) is 3.64. The van der Waals surface area contributed by atoms with Crippen LogP contribution in [0.25, 0.3) is 5.69 Å². The zero-order valence-electron chi connectivity index (χ0n) is 17.4. The van der Waals surface area contributed by atoms with Gasteiger partial charge < -0.3 is 10.4 Å². The van der Waals surface area contributed by atoms with Crippen molar-refractivity contribution in [3.63, 3.8) is 0 Å². The van der Waals surface area contributed by atoms with Crippen LogP contribution >= 0.6 is 15.9 Å². The quantitative estimate of drug-likeness (QED) is 0.489. The number of hydrogen-bond acceptors (Lipinski definition) is 4. The van der Waals surface area contributed by atoms with Crippen molar-refractivity contribution in [3.8, 4) is 11.6 Å². The van der Waals surface area contributed by atoms with Gasteiger partial charge >= 0.3 is 11.7 Å². The first kappa shape index (κ1) is 22.2. The minimum atomic E-state index is -0.854. The normalized spacial score (nSPS) is 11.1. The van der Waals surface area contributed by atoms with Crippen molar-refractivity contribution < 1.29 is 9.90 Å². The van der Waals surface area contributed by atoms with Crippen molar-refractivity contribution in [2.45, 2.75) is 27.7 Å². The number of hydrogen-bond donors (Lipinski definition) is 3. The van der Waals surface area contributed by atoms with Gasteiger partial charge in [0.15, 0.2) is 0 Å². The van der Waals surface area contributed by atoms with Gasteiger partial charge in [-0.1, -0.05) is 17.7 Å². The Labute approximate surface area is 186 Å². The Kier molecular flexibility index (Phi) is 6.26. The summed E-state index contributed by atoms with van der Waals surface area (Å²) in [5.41, 5.74) is 2.71. The summed E-state index contributed by atoms with van der Waals surface area (Å²) in [7, 11) is 0. The molecule has 31 heavy (non-hydrogen) atoms. The smallest absolute Gasteiger partial charge is 0.345 e. The Morgan fingerprint density at radius 1 is 1.10 bits per heavy atom. The molecule has 9 heteroatoms. The lowest BCUT2D eigenvalue weighted by molar-refractivity contribution is 0.259. The molecule has 0 atom stereocenters. The monoisotopic (exact) mass is 484 g/mol. The molecule has 0 fully saturated rings. The number of anilines is 1. The fourth-order valence-electron chi connectivity index (χ4n) is 3.08. The molecule has 0 bridgehead atoms. The maximum atomic E-state index is 12.3. The van der Waals surface area contributed by atoms with E-state index in [9.17, 15) is 19.5 Å². The molecule has 0 aliphatic carbocycles. The molecule has 0 spiro atoms. The van der Waals surface area contributed by atoms with Gasteiger partial charge in [-0.25, -0.2) is 19.1 Å². The fraction of sp³-hybridized carbons (Fsp3) is 0.182. The lowest BCUT2D eigenvalue weighted by atomic mass is 10.1. The number of amides is 2. The maximum Gasteiger partial charge on any atom is 0.345 e. The minimum absolute atomic E-state index is 0.311. The van der Waals surface area contributed by atoms with Crippen LogP contribution < -0.4 is 16.6 Å². The van der Waals surface area contributed by atoms with Gasteiger partial charge in [0.1, 0.15) is 5.56 Å². The zero-order chi connectivity index (χ0) is 22.9. The number of H-pyrrole nitrogens is 1. The van der Waals surface area contributed by atoms with Crippen LogP contribution in [-0.4, -0.2) is 26.9 Å². The zero-order valence-corrected chi connectivity index (χ0v) is 19.0. The summed E-state index contributed by atoms with van der Waals surface area (Å²) in [4.78, 5) is 42.7. The topological polar surface area (TPSA) is 117 Å². The average Bonchev–Trinajstić information content (AvgIpc) is 2.67. The first-order valence-electron chi connectivity index (χ1n) is 9.36. The van der Waals surface area contributed by atoms with E-state index in [1.165, 1.54) is 0 Å². The molecule has 0 saturated carbocycles. The molecule has 0 aliphatic heterocycles. The predicted octanol–water partition coefficient (Wildman–Crippen LogP) is 3.88. The van der Waals surface area contributed by atoms with Crippen molar-refractivity contribution in [1.82, 2.24) is 9.55 Å². The number of rotatable bonds is 3. The Morgan fingerprint density at radius 3 is 2.45 bits per heavy atom. The summed E-state index contributed by atoms with van der Waals surface area (Å²) in [6.45, 7) is 7.54. The first-order valence-corrected chi connectivity index (χ1v) is 10.2. The molecule has 0 unspecified atom stereocenters. The molecule has 1 aromatic heterocycles. The number of aromatic nitrogens is 2. The van der Waals surface area contributed by atoms with Crippen LogP contribution in [0.5, 0.6) is 5.88 Å². The molecule has 0 radical (unpaired) electrons. The Morgan fingerprint density at radius 2 is 1.77 bits per heavy atom. The molecule has 160 valence electrons. The Balaban J connectivity index is 1.97. The Bertz CT molecular complexity index is 1340. The highest BCUT2D eigenvalue weighted by Gasteiger charge is 2.16. The third-order valence-corrected chi connectivity index (χ3v) is 5.51. The summed E-state index contributed by atoms with van der Waals surface area (Å²) in [6, 6.07) is 8.20. The number of aliphatic imine (C=N–C) groups is 1. The van der Waals surface area contributed by atoms with Gasteiger partial charge in [-0.05, 0) is 78.5 Å². The number of urea groups is 1. The van der Waals surface area contributed by atoms with E-state index in [4.69, 9.17) is 0 Å². The van der Waals surface area contributed by atoms with Gasteiger partial charge in [-0.2, -0.15) is 0 Å². The van der Waals surface area contributed by atoms with E-state index in [0.29, 0.717) is 15.8 Å². The standard InChI is InChI=1S/C22H21BrN4O4/c1-11-5-6-18(14(4)7-11)27-20(29)15(19(28)26-22(27)31)10-24-21(30)25-17-9-13(3)12(2)8-16(17)23/h5-10,29H,1-4H3,(H,25,30)(H,26,28,31)/b24-10+. The number of carbonyl (C=O) groups is 1. The summed E-state index contributed by atoms with van der Waals surface area (Å²) >= 11 is 3.38. The minimum Gasteiger partial charge on any atom is -0.493 e. The van der Waals surface area contributed by atoms with Crippen molar-refractivity contribution in [2.24, 2.45) is 4.99 Å². The highest BCUT2D eigenvalue weighted by molar-refractivity contribution is 9.10. The summed E-state index contributed by atoms with van der Waals surface area (Å²) in [5.74, 6) is -0.607. The summed E-state index contributed by atoms with van der Waals surface area (Å²) < 4.78 is 1.65. The molecular weight excluding hydrogens is 464 g/mol. The number of aryl methyl sites for hydroxylation is 4. The number of nitrogens with zero attached hydrogens (tertiary/aromatic N) is 2. The van der Waals surface area contributed by atoms with Crippen molar-refractivity contribution >= 4 is 33.9 Å². The molecule has 0 saturated heterocycles. The highest BCUT2D eigenvalue weighted by Crippen LogP contribution is 2.26. The van der Waals surface area contributed by atoms with E-state index in [-0.39, 0.29) is 5.56 Å². The van der Waals surface area contributed by atoms with Crippen LogP contribution in [0.4, 0.5) is 10.5 Å². The molecule has 3 rings (SSSR count). The van der Waals surface area contributed by atoms with E-state index in [0.717, 1.165) is 33.0 Å². The van der Waals surface area contributed by atoms with Crippen LogP contribution in [-0.2, 0) is 0 Å². The molecule has 8 nitrogen and oxygen atoms in total. The third kappa shape index (κ3) is 4.66. The van der Waals surface area contributed by atoms with E-state index < -0.39 is 23.2 Å². The first-order chi connectivity index (χ1) is 14.6. The van der Waals surface area contributed by atoms with E-state index in [2.05, 4.69) is 31.2 Å². The number of aromatic amines is 1. The lowest BCUT2D eigenvalue weighted by Crippen LogP contribution is -2.31. The maximum absolute atomic E-state index is 12.3. The average molecular weight is 485 g/mol. The largest absolute Gasteiger partial charge is 0.493 e. The van der Waals surface area contributed by atoms with Gasteiger partial charge in [-0.15, -0.1) is 0 Å². The van der Waals surface area contributed by atoms with Crippen LogP contribution in [0.1, 0.15) is 27.8 Å². The Hall–Kier alpha value is -3.46. The van der Waals surface area contributed by atoms with E-state index in [1.54, 1.807) is 25.1 Å². The SMILES string of the molecule is Cc1ccc(-n2c(O)c(/C=N/C(=O)Nc3cc(C)c(C)cc3Br)c(=O)[nH]c2=O)c(C)c1. The van der Waals surface area contributed by atoms with E-state index in [1.807, 2.05) is 32.9 Å². The number of aromatic hydroxyl groups is 1. The predicted molar refractivity (Wildman–Crippen MR) is 124 cm³/mol. The molecule has 3 aromatic rings. The van der Waals surface area contributed by atoms with Gasteiger partial charge in [0.25, 0.3) is 5.56 Å². The molecule has 0 aliphatic rings. The molecular formula is C22H21BrN4O4. The molecule has 3 N–H and O–H groups in total. The van der Waals surface area contributed by atoms with Gasteiger partial charge in [0.05, 0.1) is 17.6 Å². The van der Waals surface area contributed by atoms with Gasteiger partial charge in [0, 0.05) is 4.47 Å². The van der Waals surface area contributed by atoms with Gasteiger partial charge in [0.2, 0.25) is 5.88 Å². The van der Waals surface area contributed by atoms with Crippen LogP contribution in [0.2, 0.25) is 0 Å². The molecule has 1 heterocycles.